The molecule has 0 rings (SSSR count). The van der Waals surface area contributed by atoms with Crippen molar-refractivity contribution in [2.75, 3.05) is 13.2 Å². The van der Waals surface area contributed by atoms with Crippen LogP contribution in [0.15, 0.2) is 146 Å². The maximum absolute atomic E-state index is 12.9. The van der Waals surface area contributed by atoms with E-state index in [-0.39, 0.29) is 44.0 Å². The second-order valence-corrected chi connectivity index (χ2v) is 18.1. The Morgan fingerprint density at radius 2 is 0.577 bits per heavy atom. The van der Waals surface area contributed by atoms with Crippen molar-refractivity contribution in [3.8, 4) is 0 Å². The van der Waals surface area contributed by atoms with Gasteiger partial charge in [0.1, 0.15) is 13.2 Å². The van der Waals surface area contributed by atoms with Crippen LogP contribution in [-0.4, -0.2) is 37.2 Å². The van der Waals surface area contributed by atoms with Gasteiger partial charge in [-0.25, -0.2) is 0 Å². The lowest BCUT2D eigenvalue weighted by molar-refractivity contribution is -0.166. The van der Waals surface area contributed by atoms with Gasteiger partial charge >= 0.3 is 17.9 Å². The first kappa shape index (κ1) is 66.3. The SMILES string of the molecule is CC/C=C/C/C=C/C/C=C/C/C=C/C/C=C/C/C=C/CCC(=O)OC[C@@H](COC(=O)CCCCCCC/C=C/C/C=C/CCCCC)OC(=O)CCCCC/C=C/C/C=C/C/C=C/C/C=C/CCCCC. The van der Waals surface area contributed by atoms with Crippen LogP contribution < -0.4 is 0 Å². The van der Waals surface area contributed by atoms with E-state index < -0.39 is 6.10 Å². The van der Waals surface area contributed by atoms with Crippen LogP contribution in [0.5, 0.6) is 0 Å². The molecule has 71 heavy (non-hydrogen) atoms. The average Bonchev–Trinajstić information content (AvgIpc) is 3.37. The van der Waals surface area contributed by atoms with E-state index >= 15 is 0 Å². The van der Waals surface area contributed by atoms with E-state index in [4.69, 9.17) is 14.2 Å². The van der Waals surface area contributed by atoms with Gasteiger partial charge in [0.25, 0.3) is 0 Å². The topological polar surface area (TPSA) is 78.9 Å². The molecule has 0 aromatic rings. The van der Waals surface area contributed by atoms with Gasteiger partial charge in [0.2, 0.25) is 0 Å². The number of esters is 3. The highest BCUT2D eigenvalue weighted by Crippen LogP contribution is 2.12. The molecule has 0 spiro atoms. The molecule has 0 aliphatic carbocycles. The Balaban J connectivity index is 4.62. The molecule has 0 N–H and O–H groups in total. The zero-order chi connectivity index (χ0) is 51.4. The van der Waals surface area contributed by atoms with Gasteiger partial charge in [-0.3, -0.25) is 14.4 Å². The van der Waals surface area contributed by atoms with Crippen molar-refractivity contribution in [1.82, 2.24) is 0 Å². The van der Waals surface area contributed by atoms with Crippen LogP contribution in [0.1, 0.15) is 226 Å². The summed E-state index contributed by atoms with van der Waals surface area (Å²) >= 11 is 0. The normalized spacial score (nSPS) is 13.2. The number of carbonyl (C=O) groups is 3. The summed E-state index contributed by atoms with van der Waals surface area (Å²) in [6.45, 7) is 6.35. The molecule has 0 heterocycles. The standard InChI is InChI=1S/C65H102O6/c1-4-7-10-13-16-19-22-25-28-30-32-34-37-40-43-46-49-52-55-58-64(67)70-61-62(60-69-63(66)57-54-51-48-45-42-39-36-27-24-21-18-15-12-9-6-3)71-65(68)59-56-53-50-47-44-41-38-35-33-31-29-26-23-20-17-14-11-8-5-2/h7,10,16-21,25-29,32-36,40-41,43-44,49,52,62H,4-6,8-9,11-15,22-24,30-31,37-39,42,45-48,50-51,53-61H2,1-3H3/b10-7+,19-16+,20-17+,21-18+,28-25+,29-26+,34-32+,35-33+,36-27+,43-40+,44-41+,52-49+/t62-/m1/s1. The Hall–Kier alpha value is -4.71. The van der Waals surface area contributed by atoms with Crippen molar-refractivity contribution in [3.05, 3.63) is 146 Å². The van der Waals surface area contributed by atoms with Crippen molar-refractivity contribution in [2.24, 2.45) is 0 Å². The summed E-state index contributed by atoms with van der Waals surface area (Å²) in [6, 6.07) is 0. The number of allylic oxidation sites excluding steroid dienone is 24. The van der Waals surface area contributed by atoms with Gasteiger partial charge in [0, 0.05) is 19.3 Å². The van der Waals surface area contributed by atoms with Crippen LogP contribution in [0.25, 0.3) is 0 Å². The lowest BCUT2D eigenvalue weighted by Gasteiger charge is -2.18. The van der Waals surface area contributed by atoms with Gasteiger partial charge in [0.05, 0.1) is 0 Å². The third kappa shape index (κ3) is 56.1. The number of unbranched alkanes of at least 4 members (excludes halogenated alkanes) is 14. The third-order valence-electron chi connectivity index (χ3n) is 11.3. The van der Waals surface area contributed by atoms with Crippen molar-refractivity contribution in [1.29, 1.82) is 0 Å². The van der Waals surface area contributed by atoms with Gasteiger partial charge in [-0.05, 0) is 135 Å². The summed E-state index contributed by atoms with van der Waals surface area (Å²) in [4.78, 5) is 38.1. The molecule has 0 aliphatic rings. The quantitative estimate of drug-likeness (QED) is 0.0262. The van der Waals surface area contributed by atoms with Crippen LogP contribution in [-0.2, 0) is 28.6 Å². The number of ether oxygens (including phenoxy) is 3. The summed E-state index contributed by atoms with van der Waals surface area (Å²) in [5.74, 6) is -1.07. The maximum atomic E-state index is 12.9. The minimum Gasteiger partial charge on any atom is -0.462 e. The predicted octanol–water partition coefficient (Wildman–Crippen LogP) is 19.2. The fourth-order valence-electron chi connectivity index (χ4n) is 7.07. The second kappa shape index (κ2) is 57.9. The maximum Gasteiger partial charge on any atom is 0.306 e. The molecule has 0 saturated heterocycles. The van der Waals surface area contributed by atoms with Crippen LogP contribution in [0.4, 0.5) is 0 Å². The number of hydrogen-bond donors (Lipinski definition) is 0. The predicted molar refractivity (Wildman–Crippen MR) is 306 cm³/mol. The Morgan fingerprint density at radius 3 is 0.958 bits per heavy atom. The lowest BCUT2D eigenvalue weighted by Crippen LogP contribution is -2.30. The summed E-state index contributed by atoms with van der Waals surface area (Å²) in [6.07, 6.45) is 82.7. The number of rotatable bonds is 49. The van der Waals surface area contributed by atoms with Crippen molar-refractivity contribution < 1.29 is 28.6 Å². The largest absolute Gasteiger partial charge is 0.462 e. The fraction of sp³-hybridized carbons (Fsp3) is 0.585. The van der Waals surface area contributed by atoms with E-state index in [9.17, 15) is 14.4 Å². The fourth-order valence-corrected chi connectivity index (χ4v) is 7.07. The Kier molecular flexibility index (Phi) is 54.0. The molecular weight excluding hydrogens is 877 g/mol. The molecule has 1 atom stereocenters. The minimum absolute atomic E-state index is 0.128. The van der Waals surface area contributed by atoms with Gasteiger partial charge in [-0.1, -0.05) is 218 Å². The monoisotopic (exact) mass is 979 g/mol. The highest BCUT2D eigenvalue weighted by Gasteiger charge is 2.19. The molecule has 6 nitrogen and oxygen atoms in total. The molecule has 0 fully saturated rings. The minimum atomic E-state index is -0.838. The zero-order valence-electron chi connectivity index (χ0n) is 45.4. The molecule has 0 unspecified atom stereocenters. The third-order valence-corrected chi connectivity index (χ3v) is 11.3. The van der Waals surface area contributed by atoms with Gasteiger partial charge < -0.3 is 14.2 Å². The molecule has 6 heteroatoms. The molecule has 0 radical (unpaired) electrons. The average molecular weight is 980 g/mol. The Morgan fingerprint density at radius 1 is 0.296 bits per heavy atom. The van der Waals surface area contributed by atoms with E-state index in [2.05, 4.69) is 154 Å². The summed E-state index contributed by atoms with van der Waals surface area (Å²) in [7, 11) is 0. The highest BCUT2D eigenvalue weighted by atomic mass is 16.6. The van der Waals surface area contributed by atoms with E-state index in [1.807, 2.05) is 12.2 Å². The number of carbonyl (C=O) groups excluding carboxylic acids is 3. The van der Waals surface area contributed by atoms with E-state index in [1.165, 1.54) is 51.4 Å². The first-order valence-electron chi connectivity index (χ1n) is 28.3. The van der Waals surface area contributed by atoms with Crippen LogP contribution >= 0.6 is 0 Å². The van der Waals surface area contributed by atoms with E-state index in [0.29, 0.717) is 19.3 Å². The van der Waals surface area contributed by atoms with Gasteiger partial charge in [0.15, 0.2) is 6.10 Å². The zero-order valence-corrected chi connectivity index (χ0v) is 45.4. The summed E-state index contributed by atoms with van der Waals surface area (Å²) in [5.41, 5.74) is 0. The van der Waals surface area contributed by atoms with Crippen molar-refractivity contribution in [3.63, 3.8) is 0 Å². The Labute approximate surface area is 436 Å². The molecule has 398 valence electrons. The molecule has 0 saturated carbocycles. The number of hydrogen-bond acceptors (Lipinski definition) is 6. The highest BCUT2D eigenvalue weighted by molar-refractivity contribution is 5.71. The molecule has 0 aromatic heterocycles. The van der Waals surface area contributed by atoms with Crippen molar-refractivity contribution >= 4 is 17.9 Å². The van der Waals surface area contributed by atoms with E-state index in [1.54, 1.807) is 0 Å². The molecular formula is C65H102O6. The van der Waals surface area contributed by atoms with Crippen LogP contribution in [0, 0.1) is 0 Å². The molecule has 0 bridgehead atoms. The molecule has 0 aliphatic heterocycles. The van der Waals surface area contributed by atoms with Gasteiger partial charge in [-0.2, -0.15) is 0 Å². The molecule has 0 amide bonds. The summed E-state index contributed by atoms with van der Waals surface area (Å²) in [5, 5.41) is 0. The van der Waals surface area contributed by atoms with Crippen LogP contribution in [0.3, 0.4) is 0 Å². The van der Waals surface area contributed by atoms with Gasteiger partial charge in [-0.15, -0.1) is 0 Å². The molecule has 0 aromatic carbocycles. The Bertz CT molecular complexity index is 1590. The van der Waals surface area contributed by atoms with E-state index in [0.717, 1.165) is 122 Å². The summed E-state index contributed by atoms with van der Waals surface area (Å²) < 4.78 is 16.7. The second-order valence-electron chi connectivity index (χ2n) is 18.1. The smallest absolute Gasteiger partial charge is 0.306 e. The first-order valence-corrected chi connectivity index (χ1v) is 28.3. The van der Waals surface area contributed by atoms with Crippen LogP contribution in [0.2, 0.25) is 0 Å². The lowest BCUT2D eigenvalue weighted by atomic mass is 10.1. The first-order chi connectivity index (χ1) is 35.0. The van der Waals surface area contributed by atoms with Crippen molar-refractivity contribution in [2.45, 2.75) is 232 Å².